The maximum atomic E-state index is 9.04. The maximum absolute atomic E-state index is 9.04. The lowest BCUT2D eigenvalue weighted by atomic mass is 10.1. The Hall–Kier alpha value is -1.81. The van der Waals surface area contributed by atoms with Crippen molar-refractivity contribution in [2.75, 3.05) is 6.61 Å². The third kappa shape index (κ3) is 3.35. The van der Waals surface area contributed by atoms with Gasteiger partial charge in [-0.1, -0.05) is 18.2 Å². The van der Waals surface area contributed by atoms with E-state index >= 15 is 0 Å². The first kappa shape index (κ1) is 13.6. The van der Waals surface area contributed by atoms with Gasteiger partial charge in [0.1, 0.15) is 12.4 Å². The number of nitrogens with zero attached hydrogens (tertiary/aromatic N) is 2. The number of benzene rings is 1. The van der Waals surface area contributed by atoms with Crippen LogP contribution in [0.1, 0.15) is 31.1 Å². The molecule has 0 bridgehead atoms. The number of aliphatic hydroxyl groups excluding tert-OH is 1. The van der Waals surface area contributed by atoms with E-state index < -0.39 is 0 Å². The summed E-state index contributed by atoms with van der Waals surface area (Å²) in [5, 5.41) is 9.04. The van der Waals surface area contributed by atoms with E-state index in [1.165, 1.54) is 0 Å². The van der Waals surface area contributed by atoms with Gasteiger partial charge in [-0.05, 0) is 31.9 Å². The average Bonchev–Trinajstić information content (AvgIpc) is 2.86. The molecule has 0 aliphatic rings. The van der Waals surface area contributed by atoms with Gasteiger partial charge in [0.15, 0.2) is 0 Å². The number of aliphatic hydroxyl groups is 1. The number of aromatic nitrogens is 2. The summed E-state index contributed by atoms with van der Waals surface area (Å²) in [6.07, 6.45) is 4.26. The van der Waals surface area contributed by atoms with Crippen LogP contribution in [-0.2, 0) is 13.0 Å². The molecule has 1 aromatic heterocycles. The highest BCUT2D eigenvalue weighted by molar-refractivity contribution is 5.33. The van der Waals surface area contributed by atoms with E-state index in [9.17, 15) is 0 Å². The van der Waals surface area contributed by atoms with Gasteiger partial charge in [-0.3, -0.25) is 0 Å². The quantitative estimate of drug-likeness (QED) is 0.868. The molecule has 0 saturated carbocycles. The summed E-state index contributed by atoms with van der Waals surface area (Å²) >= 11 is 0. The van der Waals surface area contributed by atoms with Crippen LogP contribution in [0.4, 0.5) is 0 Å². The molecule has 4 nitrogen and oxygen atoms in total. The standard InChI is InChI=1S/C15H20N2O2/c1-12(2)17-11-16-9-14(17)10-19-15-6-4-3-5-13(15)7-8-18/h3-6,9,11-12,18H,7-8,10H2,1-2H3. The van der Waals surface area contributed by atoms with Gasteiger partial charge >= 0.3 is 0 Å². The number of para-hydroxylation sites is 1. The van der Waals surface area contributed by atoms with Crippen LogP contribution in [0.25, 0.3) is 0 Å². The van der Waals surface area contributed by atoms with Gasteiger partial charge in [0.05, 0.1) is 18.2 Å². The average molecular weight is 260 g/mol. The molecule has 0 spiro atoms. The van der Waals surface area contributed by atoms with Crippen LogP contribution in [0.15, 0.2) is 36.8 Å². The van der Waals surface area contributed by atoms with E-state index in [0.29, 0.717) is 19.1 Å². The number of hydrogen-bond donors (Lipinski definition) is 1. The fourth-order valence-electron chi connectivity index (χ4n) is 2.03. The first-order valence-electron chi connectivity index (χ1n) is 6.54. The first-order valence-corrected chi connectivity index (χ1v) is 6.54. The summed E-state index contributed by atoms with van der Waals surface area (Å²) < 4.78 is 7.94. The molecule has 0 atom stereocenters. The molecule has 0 fully saturated rings. The summed E-state index contributed by atoms with van der Waals surface area (Å²) in [4.78, 5) is 4.16. The van der Waals surface area contributed by atoms with Crippen LogP contribution >= 0.6 is 0 Å². The highest BCUT2D eigenvalue weighted by Gasteiger charge is 2.07. The van der Waals surface area contributed by atoms with Crippen LogP contribution in [0, 0.1) is 0 Å². The molecule has 2 aromatic rings. The van der Waals surface area contributed by atoms with Crippen LogP contribution in [0.2, 0.25) is 0 Å². The normalized spacial score (nSPS) is 10.9. The summed E-state index contributed by atoms with van der Waals surface area (Å²) in [6.45, 7) is 4.85. The van der Waals surface area contributed by atoms with Crippen molar-refractivity contribution in [1.29, 1.82) is 0 Å². The molecule has 0 saturated heterocycles. The van der Waals surface area contributed by atoms with Crippen molar-refractivity contribution in [2.45, 2.75) is 32.9 Å². The Morgan fingerprint density at radius 2 is 2.11 bits per heavy atom. The second-order valence-electron chi connectivity index (χ2n) is 4.76. The minimum absolute atomic E-state index is 0.129. The Morgan fingerprint density at radius 1 is 1.32 bits per heavy atom. The third-order valence-corrected chi connectivity index (χ3v) is 3.03. The van der Waals surface area contributed by atoms with Gasteiger partial charge in [-0.2, -0.15) is 0 Å². The molecule has 0 aliphatic carbocycles. The molecule has 1 aromatic carbocycles. The van der Waals surface area contributed by atoms with Gasteiger partial charge in [0.25, 0.3) is 0 Å². The second-order valence-corrected chi connectivity index (χ2v) is 4.76. The summed E-state index contributed by atoms with van der Waals surface area (Å²) in [5.74, 6) is 0.827. The molecule has 1 N–H and O–H groups in total. The van der Waals surface area contributed by atoms with Crippen molar-refractivity contribution < 1.29 is 9.84 Å². The minimum atomic E-state index is 0.129. The highest BCUT2D eigenvalue weighted by Crippen LogP contribution is 2.20. The van der Waals surface area contributed by atoms with Crippen molar-refractivity contribution >= 4 is 0 Å². The van der Waals surface area contributed by atoms with Gasteiger partial charge in [-0.25, -0.2) is 4.98 Å². The lowest BCUT2D eigenvalue weighted by molar-refractivity contribution is 0.277. The zero-order valence-electron chi connectivity index (χ0n) is 11.4. The molecule has 0 aliphatic heterocycles. The smallest absolute Gasteiger partial charge is 0.130 e. The first-order chi connectivity index (χ1) is 9.22. The van der Waals surface area contributed by atoms with Gasteiger partial charge in [0.2, 0.25) is 0 Å². The predicted molar refractivity (Wildman–Crippen MR) is 74.2 cm³/mol. The molecule has 0 radical (unpaired) electrons. The Labute approximate surface area is 113 Å². The van der Waals surface area contributed by atoms with Crippen LogP contribution in [-0.4, -0.2) is 21.3 Å². The van der Waals surface area contributed by atoms with Crippen molar-refractivity contribution in [1.82, 2.24) is 9.55 Å². The summed E-state index contributed by atoms with van der Waals surface area (Å²) in [6, 6.07) is 8.17. The molecule has 0 unspecified atom stereocenters. The number of hydrogen-bond acceptors (Lipinski definition) is 3. The SMILES string of the molecule is CC(C)n1cncc1COc1ccccc1CCO. The van der Waals surface area contributed by atoms with E-state index in [-0.39, 0.29) is 6.61 Å². The lowest BCUT2D eigenvalue weighted by Gasteiger charge is -2.14. The van der Waals surface area contributed by atoms with E-state index in [0.717, 1.165) is 17.0 Å². The Bertz CT molecular complexity index is 520. The van der Waals surface area contributed by atoms with E-state index in [1.54, 1.807) is 0 Å². The van der Waals surface area contributed by atoms with Crippen molar-refractivity contribution in [3.8, 4) is 5.75 Å². The van der Waals surface area contributed by atoms with Crippen LogP contribution in [0.5, 0.6) is 5.75 Å². The van der Waals surface area contributed by atoms with Gasteiger partial charge in [-0.15, -0.1) is 0 Å². The Morgan fingerprint density at radius 3 is 2.84 bits per heavy atom. The topological polar surface area (TPSA) is 47.3 Å². The monoisotopic (exact) mass is 260 g/mol. The molecule has 102 valence electrons. The number of ether oxygens (including phenoxy) is 1. The van der Waals surface area contributed by atoms with Crippen molar-refractivity contribution in [3.63, 3.8) is 0 Å². The van der Waals surface area contributed by atoms with E-state index in [2.05, 4.69) is 23.4 Å². The van der Waals surface area contributed by atoms with E-state index in [1.807, 2.05) is 36.8 Å². The van der Waals surface area contributed by atoms with Crippen molar-refractivity contribution in [3.05, 3.63) is 48.0 Å². The van der Waals surface area contributed by atoms with Crippen LogP contribution < -0.4 is 4.74 Å². The van der Waals surface area contributed by atoms with Gasteiger partial charge < -0.3 is 14.4 Å². The molecule has 2 rings (SSSR count). The highest BCUT2D eigenvalue weighted by atomic mass is 16.5. The number of rotatable bonds is 6. The predicted octanol–water partition coefficient (Wildman–Crippen LogP) is 2.58. The molecule has 19 heavy (non-hydrogen) atoms. The summed E-state index contributed by atoms with van der Waals surface area (Å²) in [5.41, 5.74) is 2.08. The Kier molecular flexibility index (Phi) is 4.58. The second kappa shape index (κ2) is 6.38. The third-order valence-electron chi connectivity index (χ3n) is 3.03. The Balaban J connectivity index is 2.08. The fraction of sp³-hybridized carbons (Fsp3) is 0.400. The van der Waals surface area contributed by atoms with Crippen molar-refractivity contribution in [2.24, 2.45) is 0 Å². The number of imidazole rings is 1. The largest absolute Gasteiger partial charge is 0.487 e. The van der Waals surface area contributed by atoms with Crippen LogP contribution in [0.3, 0.4) is 0 Å². The molecule has 0 amide bonds. The summed E-state index contributed by atoms with van der Waals surface area (Å²) in [7, 11) is 0. The minimum Gasteiger partial charge on any atom is -0.487 e. The molecular weight excluding hydrogens is 240 g/mol. The zero-order chi connectivity index (χ0) is 13.7. The van der Waals surface area contributed by atoms with Gasteiger partial charge in [0, 0.05) is 12.6 Å². The fourth-order valence-corrected chi connectivity index (χ4v) is 2.03. The molecular formula is C15H20N2O2. The van der Waals surface area contributed by atoms with E-state index in [4.69, 9.17) is 9.84 Å². The lowest BCUT2D eigenvalue weighted by Crippen LogP contribution is -2.08. The molecule has 4 heteroatoms. The maximum Gasteiger partial charge on any atom is 0.130 e. The zero-order valence-corrected chi connectivity index (χ0v) is 11.4. The molecule has 1 heterocycles.